The van der Waals surface area contributed by atoms with Gasteiger partial charge in [0.1, 0.15) is 10.7 Å². The van der Waals surface area contributed by atoms with Gasteiger partial charge in [-0.25, -0.2) is 4.90 Å². The van der Waals surface area contributed by atoms with Crippen LogP contribution in [0.5, 0.6) is 0 Å². The van der Waals surface area contributed by atoms with Gasteiger partial charge in [0.2, 0.25) is 0 Å². The topological polar surface area (TPSA) is 92.6 Å². The molecule has 0 bridgehead atoms. The van der Waals surface area contributed by atoms with E-state index in [0.29, 0.717) is 5.69 Å². The van der Waals surface area contributed by atoms with E-state index in [4.69, 9.17) is 11.6 Å². The van der Waals surface area contributed by atoms with Crippen molar-refractivity contribution in [3.8, 4) is 0 Å². The lowest BCUT2D eigenvalue weighted by atomic mass is 10.1. The van der Waals surface area contributed by atoms with E-state index in [-0.39, 0.29) is 22.1 Å². The highest BCUT2D eigenvalue weighted by Gasteiger charge is 2.39. The minimum atomic E-state index is -0.732. The fraction of sp³-hybridized carbons (Fsp3) is 0.111. The molecule has 0 spiro atoms. The quantitative estimate of drug-likeness (QED) is 0.492. The number of nitro groups is 1. The normalized spacial score (nSPS) is 14.2. The van der Waals surface area contributed by atoms with E-state index >= 15 is 0 Å². The fourth-order valence-electron chi connectivity index (χ4n) is 2.56. The van der Waals surface area contributed by atoms with Gasteiger partial charge < -0.3 is 5.32 Å². The number of nitrogens with zero attached hydrogens (tertiary/aromatic N) is 2. The summed E-state index contributed by atoms with van der Waals surface area (Å²) < 4.78 is 0. The number of halogens is 1. The lowest BCUT2D eigenvalue weighted by molar-refractivity contribution is -0.384. The van der Waals surface area contributed by atoms with Crippen LogP contribution in [0.1, 0.15) is 12.5 Å². The average molecular weight is 372 g/mol. The number of nitro benzene ring substituents is 1. The van der Waals surface area contributed by atoms with Crippen molar-refractivity contribution in [2.45, 2.75) is 13.3 Å². The molecule has 0 atom stereocenters. The summed E-state index contributed by atoms with van der Waals surface area (Å²) in [5.41, 5.74) is 1.54. The third kappa shape index (κ3) is 3.16. The molecule has 0 aromatic heterocycles. The van der Waals surface area contributed by atoms with Crippen molar-refractivity contribution in [3.05, 3.63) is 74.9 Å². The van der Waals surface area contributed by atoms with Gasteiger partial charge in [-0.1, -0.05) is 36.7 Å². The number of anilines is 2. The van der Waals surface area contributed by atoms with Gasteiger partial charge in [-0.05, 0) is 30.2 Å². The zero-order valence-electron chi connectivity index (χ0n) is 13.7. The summed E-state index contributed by atoms with van der Waals surface area (Å²) in [7, 11) is 0. The predicted octanol–water partition coefficient (Wildman–Crippen LogP) is 3.59. The molecule has 0 saturated carbocycles. The summed E-state index contributed by atoms with van der Waals surface area (Å²) in [4.78, 5) is 36.2. The standard InChI is InChI=1S/C18H14ClN3O4/c1-2-11-6-8-12(9-7-11)20-16-15(19)17(23)21(18(16)24)13-4-3-5-14(10-13)22(25)26/h3-10,20H,2H2,1H3. The van der Waals surface area contributed by atoms with Crippen LogP contribution in [-0.2, 0) is 16.0 Å². The highest BCUT2D eigenvalue weighted by molar-refractivity contribution is 6.53. The first-order chi connectivity index (χ1) is 12.4. The molecule has 2 aromatic carbocycles. The van der Waals surface area contributed by atoms with Crippen LogP contribution in [0.4, 0.5) is 17.1 Å². The first-order valence-corrected chi connectivity index (χ1v) is 8.19. The second-order valence-electron chi connectivity index (χ2n) is 5.59. The fourth-order valence-corrected chi connectivity index (χ4v) is 2.77. The molecule has 3 rings (SSSR count). The zero-order chi connectivity index (χ0) is 18.8. The molecule has 7 nitrogen and oxygen atoms in total. The molecule has 0 saturated heterocycles. The molecule has 0 radical (unpaired) electrons. The van der Waals surface area contributed by atoms with Crippen molar-refractivity contribution in [1.29, 1.82) is 0 Å². The highest BCUT2D eigenvalue weighted by atomic mass is 35.5. The molecule has 1 aliphatic rings. The van der Waals surface area contributed by atoms with Gasteiger partial charge >= 0.3 is 0 Å². The van der Waals surface area contributed by atoms with E-state index < -0.39 is 16.7 Å². The van der Waals surface area contributed by atoms with Crippen LogP contribution >= 0.6 is 11.6 Å². The maximum absolute atomic E-state index is 12.7. The molecule has 1 aliphatic heterocycles. The van der Waals surface area contributed by atoms with Crippen LogP contribution in [0.2, 0.25) is 0 Å². The molecular weight excluding hydrogens is 358 g/mol. The van der Waals surface area contributed by atoms with E-state index in [1.165, 1.54) is 18.2 Å². The summed E-state index contributed by atoms with van der Waals surface area (Å²) >= 11 is 6.05. The van der Waals surface area contributed by atoms with Crippen molar-refractivity contribution in [3.63, 3.8) is 0 Å². The molecular formula is C18H14ClN3O4. The van der Waals surface area contributed by atoms with Gasteiger partial charge in [-0.15, -0.1) is 0 Å². The van der Waals surface area contributed by atoms with Gasteiger partial charge in [-0.2, -0.15) is 0 Å². The third-order valence-electron chi connectivity index (χ3n) is 3.96. The lowest BCUT2D eigenvalue weighted by Crippen LogP contribution is -2.32. The molecule has 0 aliphatic carbocycles. The number of imide groups is 1. The van der Waals surface area contributed by atoms with Crippen LogP contribution in [0.25, 0.3) is 0 Å². The van der Waals surface area contributed by atoms with Crippen molar-refractivity contribution in [1.82, 2.24) is 0 Å². The number of non-ortho nitro benzene ring substituents is 1. The minimum Gasteiger partial charge on any atom is -0.350 e. The SMILES string of the molecule is CCc1ccc(NC2=C(Cl)C(=O)N(c3cccc([N+](=O)[O-])c3)C2=O)cc1. The molecule has 1 heterocycles. The Hall–Kier alpha value is -3.19. The monoisotopic (exact) mass is 371 g/mol. The largest absolute Gasteiger partial charge is 0.350 e. The maximum atomic E-state index is 12.7. The summed E-state index contributed by atoms with van der Waals surface area (Å²) in [6.07, 6.45) is 0.877. The zero-order valence-corrected chi connectivity index (χ0v) is 14.5. The molecule has 0 unspecified atom stereocenters. The van der Waals surface area contributed by atoms with Crippen molar-refractivity contribution in [2.24, 2.45) is 0 Å². The number of hydrogen-bond acceptors (Lipinski definition) is 5. The summed E-state index contributed by atoms with van der Waals surface area (Å²) in [5.74, 6) is -1.40. The van der Waals surface area contributed by atoms with Crippen LogP contribution in [0.3, 0.4) is 0 Å². The average Bonchev–Trinajstić information content (AvgIpc) is 2.86. The second-order valence-corrected chi connectivity index (χ2v) is 5.97. The van der Waals surface area contributed by atoms with Crippen molar-refractivity contribution < 1.29 is 14.5 Å². The third-order valence-corrected chi connectivity index (χ3v) is 4.31. The number of aryl methyl sites for hydroxylation is 1. The summed E-state index contributed by atoms with van der Waals surface area (Å²) in [6, 6.07) is 12.6. The number of carbonyl (C=O) groups excluding carboxylic acids is 2. The Balaban J connectivity index is 1.89. The highest BCUT2D eigenvalue weighted by Crippen LogP contribution is 2.31. The number of nitrogens with one attached hydrogen (secondary N) is 1. The smallest absolute Gasteiger partial charge is 0.283 e. The van der Waals surface area contributed by atoms with Gasteiger partial charge in [0.05, 0.1) is 10.6 Å². The Morgan fingerprint density at radius 1 is 1.12 bits per heavy atom. The number of hydrogen-bond donors (Lipinski definition) is 1. The minimum absolute atomic E-state index is 0.0626. The summed E-state index contributed by atoms with van der Waals surface area (Å²) in [6.45, 7) is 2.03. The number of amides is 2. The van der Waals surface area contributed by atoms with Crippen LogP contribution in [0.15, 0.2) is 59.3 Å². The number of rotatable bonds is 5. The van der Waals surface area contributed by atoms with Gasteiger partial charge in [0, 0.05) is 17.8 Å². The Morgan fingerprint density at radius 2 is 1.81 bits per heavy atom. The first-order valence-electron chi connectivity index (χ1n) is 7.81. The first kappa shape index (κ1) is 17.6. The second kappa shape index (κ2) is 6.97. The van der Waals surface area contributed by atoms with Gasteiger partial charge in [0.15, 0.2) is 0 Å². The Labute approximate surface area is 154 Å². The molecule has 132 valence electrons. The Morgan fingerprint density at radius 3 is 2.42 bits per heavy atom. The molecule has 1 N–H and O–H groups in total. The van der Waals surface area contributed by atoms with E-state index in [0.717, 1.165) is 23.0 Å². The van der Waals surface area contributed by atoms with Gasteiger partial charge in [0.25, 0.3) is 17.5 Å². The lowest BCUT2D eigenvalue weighted by Gasteiger charge is -2.15. The van der Waals surface area contributed by atoms with E-state index in [1.807, 2.05) is 19.1 Å². The Kier molecular flexibility index (Phi) is 4.73. The van der Waals surface area contributed by atoms with E-state index in [9.17, 15) is 19.7 Å². The molecule has 2 amide bonds. The maximum Gasteiger partial charge on any atom is 0.283 e. The van der Waals surface area contributed by atoms with Crippen molar-refractivity contribution in [2.75, 3.05) is 10.2 Å². The Bertz CT molecular complexity index is 938. The van der Waals surface area contributed by atoms with Crippen LogP contribution in [-0.4, -0.2) is 16.7 Å². The number of carbonyl (C=O) groups is 2. The van der Waals surface area contributed by atoms with Crippen LogP contribution in [0, 0.1) is 10.1 Å². The predicted molar refractivity (Wildman–Crippen MR) is 97.9 cm³/mol. The van der Waals surface area contributed by atoms with E-state index in [2.05, 4.69) is 5.32 Å². The van der Waals surface area contributed by atoms with E-state index in [1.54, 1.807) is 12.1 Å². The summed E-state index contributed by atoms with van der Waals surface area (Å²) in [5, 5.41) is 13.5. The molecule has 0 fully saturated rings. The van der Waals surface area contributed by atoms with Crippen LogP contribution < -0.4 is 10.2 Å². The number of benzene rings is 2. The van der Waals surface area contributed by atoms with Gasteiger partial charge in [-0.3, -0.25) is 19.7 Å². The molecule has 8 heteroatoms. The molecule has 2 aromatic rings. The molecule has 26 heavy (non-hydrogen) atoms. The van der Waals surface area contributed by atoms with Crippen molar-refractivity contribution >= 4 is 40.5 Å².